The number of ether oxygens (including phenoxy) is 1. The summed E-state index contributed by atoms with van der Waals surface area (Å²) in [5.74, 6) is 0.511. The molecule has 1 aliphatic heterocycles. The summed E-state index contributed by atoms with van der Waals surface area (Å²) >= 11 is 0. The third-order valence-corrected chi connectivity index (χ3v) is 2.49. The lowest BCUT2D eigenvalue weighted by Gasteiger charge is -2.14. The summed E-state index contributed by atoms with van der Waals surface area (Å²) in [5, 5.41) is 3.97. The standard InChI is InChI=1S/C6H9N3O2S/c7-12(10)5-4-8-9-2-1-3-11-6(5)9/h4,7,12H,1-3H2. The number of thiol groups is 1. The fraction of sp³-hybridized carbons (Fsp3) is 0.500. The van der Waals surface area contributed by atoms with Gasteiger partial charge in [0.25, 0.3) is 0 Å². The van der Waals surface area contributed by atoms with Crippen molar-refractivity contribution in [1.29, 1.82) is 4.78 Å². The Kier molecular flexibility index (Phi) is 1.76. The summed E-state index contributed by atoms with van der Waals surface area (Å²) in [6, 6.07) is 0. The van der Waals surface area contributed by atoms with Crippen LogP contribution in [0.25, 0.3) is 0 Å². The number of aromatic nitrogens is 2. The molecule has 0 saturated carbocycles. The molecule has 6 heteroatoms. The highest BCUT2D eigenvalue weighted by Crippen LogP contribution is 2.22. The number of fused-ring (bicyclic) bond motifs is 1. The van der Waals surface area contributed by atoms with Crippen molar-refractivity contribution < 1.29 is 8.95 Å². The lowest BCUT2D eigenvalue weighted by molar-refractivity contribution is 0.225. The van der Waals surface area contributed by atoms with E-state index in [1.165, 1.54) is 6.20 Å². The Labute approximate surface area is 71.3 Å². The average Bonchev–Trinajstić information content (AvgIpc) is 2.47. The number of aryl methyl sites for hydroxylation is 1. The lowest BCUT2D eigenvalue weighted by atomic mass is 10.4. The zero-order valence-electron chi connectivity index (χ0n) is 6.36. The smallest absolute Gasteiger partial charge is 0.229 e. The third-order valence-electron chi connectivity index (χ3n) is 1.74. The van der Waals surface area contributed by atoms with Crippen molar-refractivity contribution in [3.05, 3.63) is 6.20 Å². The Bertz CT molecular complexity index is 361. The van der Waals surface area contributed by atoms with E-state index in [4.69, 9.17) is 9.52 Å². The zero-order valence-corrected chi connectivity index (χ0v) is 7.25. The van der Waals surface area contributed by atoms with E-state index >= 15 is 0 Å². The molecule has 0 aromatic carbocycles. The van der Waals surface area contributed by atoms with Crippen LogP contribution in [0.4, 0.5) is 0 Å². The van der Waals surface area contributed by atoms with Gasteiger partial charge in [-0.25, -0.2) is 8.89 Å². The van der Waals surface area contributed by atoms with Crippen LogP contribution in [0.15, 0.2) is 11.1 Å². The van der Waals surface area contributed by atoms with E-state index in [1.54, 1.807) is 4.68 Å². The van der Waals surface area contributed by atoms with Crippen LogP contribution in [0.5, 0.6) is 5.88 Å². The first-order valence-corrected chi connectivity index (χ1v) is 4.92. The SMILES string of the molecule is N=[SH](=O)c1cnn2c1OCCC2. The minimum atomic E-state index is -2.08. The Hall–Kier alpha value is -1.04. The molecular weight excluding hydrogens is 178 g/mol. The fourth-order valence-electron chi connectivity index (χ4n) is 1.19. The summed E-state index contributed by atoms with van der Waals surface area (Å²) in [4.78, 5) is 0.407. The largest absolute Gasteiger partial charge is 0.477 e. The van der Waals surface area contributed by atoms with Gasteiger partial charge in [-0.2, -0.15) is 5.10 Å². The molecular formula is C6H9N3O2S. The monoisotopic (exact) mass is 187 g/mol. The summed E-state index contributed by atoms with van der Waals surface area (Å²) in [5.41, 5.74) is 0. The fourth-order valence-corrected chi connectivity index (χ4v) is 1.70. The Morgan fingerprint density at radius 3 is 3.33 bits per heavy atom. The van der Waals surface area contributed by atoms with Gasteiger partial charge in [0.05, 0.1) is 23.4 Å². The number of hydrogen-bond acceptors (Lipinski definition) is 4. The molecule has 2 heterocycles. The molecule has 1 aliphatic rings. The molecule has 66 valence electrons. The van der Waals surface area contributed by atoms with Crippen molar-refractivity contribution >= 4 is 10.6 Å². The molecule has 1 aromatic heterocycles. The second-order valence-electron chi connectivity index (χ2n) is 2.55. The maximum Gasteiger partial charge on any atom is 0.229 e. The van der Waals surface area contributed by atoms with E-state index in [1.807, 2.05) is 0 Å². The molecule has 1 N–H and O–H groups in total. The highest BCUT2D eigenvalue weighted by atomic mass is 32.2. The predicted molar refractivity (Wildman–Crippen MR) is 42.9 cm³/mol. The molecule has 0 saturated heterocycles. The molecule has 0 amide bonds. The van der Waals surface area contributed by atoms with Gasteiger partial charge in [-0.1, -0.05) is 0 Å². The van der Waals surface area contributed by atoms with Crippen molar-refractivity contribution in [2.24, 2.45) is 0 Å². The van der Waals surface area contributed by atoms with Crippen LogP contribution in [0.2, 0.25) is 0 Å². The van der Waals surface area contributed by atoms with Gasteiger partial charge in [0.1, 0.15) is 4.90 Å². The van der Waals surface area contributed by atoms with Crippen LogP contribution in [0.3, 0.4) is 0 Å². The summed E-state index contributed by atoms with van der Waals surface area (Å²) in [6.07, 6.45) is 2.37. The normalized spacial score (nSPS) is 18.0. The quantitative estimate of drug-likeness (QED) is 0.620. The Morgan fingerprint density at radius 1 is 1.75 bits per heavy atom. The summed E-state index contributed by atoms with van der Waals surface area (Å²) < 4.78 is 24.8. The molecule has 1 aromatic rings. The van der Waals surface area contributed by atoms with Crippen LogP contribution in [-0.2, 0) is 17.1 Å². The summed E-state index contributed by atoms with van der Waals surface area (Å²) in [7, 11) is -2.08. The molecule has 1 atom stereocenters. The molecule has 5 nitrogen and oxygen atoms in total. The third kappa shape index (κ3) is 1.08. The first-order valence-electron chi connectivity index (χ1n) is 3.66. The van der Waals surface area contributed by atoms with Crippen LogP contribution >= 0.6 is 0 Å². The van der Waals surface area contributed by atoms with Crippen molar-refractivity contribution in [3.63, 3.8) is 0 Å². The molecule has 0 bridgehead atoms. The van der Waals surface area contributed by atoms with Gasteiger partial charge in [0.2, 0.25) is 5.88 Å². The second kappa shape index (κ2) is 2.78. The number of nitrogens with one attached hydrogen (secondary N) is 1. The average molecular weight is 187 g/mol. The highest BCUT2D eigenvalue weighted by molar-refractivity contribution is 7.73. The molecule has 1 unspecified atom stereocenters. The topological polar surface area (TPSA) is 68.0 Å². The maximum absolute atomic E-state index is 10.9. The molecule has 12 heavy (non-hydrogen) atoms. The van der Waals surface area contributed by atoms with Gasteiger partial charge in [0.15, 0.2) is 0 Å². The van der Waals surface area contributed by atoms with E-state index in [-0.39, 0.29) is 0 Å². The van der Waals surface area contributed by atoms with Crippen LogP contribution in [-0.4, -0.2) is 20.6 Å². The van der Waals surface area contributed by atoms with Gasteiger partial charge in [-0.15, -0.1) is 0 Å². The minimum Gasteiger partial charge on any atom is -0.477 e. The maximum atomic E-state index is 10.9. The van der Waals surface area contributed by atoms with E-state index in [9.17, 15) is 4.21 Å². The number of rotatable bonds is 1. The van der Waals surface area contributed by atoms with Crippen molar-refractivity contribution in [2.45, 2.75) is 17.9 Å². The van der Waals surface area contributed by atoms with Crippen molar-refractivity contribution in [2.75, 3.05) is 6.61 Å². The minimum absolute atomic E-state index is 0.407. The lowest BCUT2D eigenvalue weighted by Crippen LogP contribution is -2.15. The molecule has 0 radical (unpaired) electrons. The molecule has 0 aliphatic carbocycles. The first kappa shape index (κ1) is 7.60. The summed E-state index contributed by atoms with van der Waals surface area (Å²) in [6.45, 7) is 1.42. The predicted octanol–water partition coefficient (Wildman–Crippen LogP) is 0.268. The number of nitrogens with zero attached hydrogens (tertiary/aromatic N) is 2. The van der Waals surface area contributed by atoms with E-state index in [0.717, 1.165) is 13.0 Å². The van der Waals surface area contributed by atoms with Gasteiger partial charge >= 0.3 is 0 Å². The molecule has 0 fully saturated rings. The Balaban J connectivity index is 2.51. The second-order valence-corrected chi connectivity index (χ2v) is 3.63. The molecule has 2 rings (SSSR count). The molecule has 0 spiro atoms. The first-order chi connectivity index (χ1) is 5.79. The highest BCUT2D eigenvalue weighted by Gasteiger charge is 2.16. The van der Waals surface area contributed by atoms with E-state index in [2.05, 4.69) is 5.10 Å². The van der Waals surface area contributed by atoms with Gasteiger partial charge in [-0.05, 0) is 0 Å². The van der Waals surface area contributed by atoms with E-state index in [0.29, 0.717) is 17.4 Å². The van der Waals surface area contributed by atoms with Gasteiger partial charge in [0, 0.05) is 13.0 Å². The van der Waals surface area contributed by atoms with Crippen LogP contribution in [0, 0.1) is 4.78 Å². The Morgan fingerprint density at radius 2 is 2.58 bits per heavy atom. The van der Waals surface area contributed by atoms with Crippen LogP contribution in [0.1, 0.15) is 6.42 Å². The van der Waals surface area contributed by atoms with Gasteiger partial charge in [-0.3, -0.25) is 4.78 Å². The van der Waals surface area contributed by atoms with Crippen LogP contribution < -0.4 is 4.74 Å². The van der Waals surface area contributed by atoms with Gasteiger partial charge < -0.3 is 4.74 Å². The van der Waals surface area contributed by atoms with Crippen molar-refractivity contribution in [3.8, 4) is 5.88 Å². The van der Waals surface area contributed by atoms with Crippen molar-refractivity contribution in [1.82, 2.24) is 9.78 Å². The zero-order chi connectivity index (χ0) is 8.55. The van der Waals surface area contributed by atoms with E-state index < -0.39 is 10.6 Å². The number of hydrogen-bond donors (Lipinski definition) is 2.